The highest BCUT2D eigenvalue weighted by molar-refractivity contribution is 6.33. The van der Waals surface area contributed by atoms with Gasteiger partial charge in [0.2, 0.25) is 0 Å². The Morgan fingerprint density at radius 3 is 2.37 bits per heavy atom. The Labute approximate surface area is 129 Å². The Hall–Kier alpha value is -0.690. The van der Waals surface area contributed by atoms with Crippen LogP contribution in [0.1, 0.15) is 27.6 Å². The fourth-order valence-electron chi connectivity index (χ4n) is 2.02. The molecule has 0 spiro atoms. The third kappa shape index (κ3) is 3.66. The highest BCUT2D eigenvalue weighted by Crippen LogP contribution is 2.33. The first-order valence-electron chi connectivity index (χ1n) is 6.12. The number of aryl methyl sites for hydroxylation is 2. The smallest absolute Gasteiger partial charge is 0.0640 e. The Morgan fingerprint density at radius 2 is 1.68 bits per heavy atom. The fourth-order valence-corrected chi connectivity index (χ4v) is 3.00. The topological polar surface area (TPSA) is 0 Å². The first-order valence-corrected chi connectivity index (χ1v) is 7.32. The summed E-state index contributed by atoms with van der Waals surface area (Å²) in [5, 5.41) is 1.31. The van der Waals surface area contributed by atoms with Crippen molar-refractivity contribution in [3.8, 4) is 0 Å². The van der Waals surface area contributed by atoms with Gasteiger partial charge in [-0.3, -0.25) is 0 Å². The van der Waals surface area contributed by atoms with E-state index in [0.717, 1.165) is 21.2 Å². The molecule has 19 heavy (non-hydrogen) atoms. The van der Waals surface area contributed by atoms with E-state index >= 15 is 0 Å². The van der Waals surface area contributed by atoms with Crippen LogP contribution in [0.15, 0.2) is 36.4 Å². The molecule has 1 atom stereocenters. The zero-order chi connectivity index (χ0) is 14.0. The van der Waals surface area contributed by atoms with Crippen molar-refractivity contribution < 1.29 is 0 Å². The van der Waals surface area contributed by atoms with Gasteiger partial charge in [0.1, 0.15) is 0 Å². The standard InChI is InChI=1S/C16H15Cl3/c1-10-6-14(15(18)7-11(10)2)16(19)9-12-4-3-5-13(17)8-12/h3-8,16H,9H2,1-2H3. The molecule has 100 valence electrons. The molecule has 2 aromatic carbocycles. The Balaban J connectivity index is 2.25. The van der Waals surface area contributed by atoms with Gasteiger partial charge in [-0.1, -0.05) is 41.4 Å². The first kappa shape index (κ1) is 14.7. The second-order valence-corrected chi connectivity index (χ2v) is 6.13. The first-order chi connectivity index (χ1) is 8.97. The lowest BCUT2D eigenvalue weighted by atomic mass is 10.00. The minimum atomic E-state index is -0.148. The van der Waals surface area contributed by atoms with E-state index in [9.17, 15) is 0 Å². The maximum Gasteiger partial charge on any atom is 0.0640 e. The molecule has 0 amide bonds. The van der Waals surface area contributed by atoms with Gasteiger partial charge in [0.05, 0.1) is 5.38 Å². The number of hydrogen-bond donors (Lipinski definition) is 0. The van der Waals surface area contributed by atoms with Crippen molar-refractivity contribution in [2.45, 2.75) is 25.6 Å². The quantitative estimate of drug-likeness (QED) is 0.598. The van der Waals surface area contributed by atoms with Gasteiger partial charge in [-0.2, -0.15) is 0 Å². The Morgan fingerprint density at radius 1 is 1.00 bits per heavy atom. The zero-order valence-electron chi connectivity index (χ0n) is 10.9. The lowest BCUT2D eigenvalue weighted by Crippen LogP contribution is -1.98. The summed E-state index contributed by atoms with van der Waals surface area (Å²) in [7, 11) is 0. The summed E-state index contributed by atoms with van der Waals surface area (Å²) in [6, 6.07) is 11.8. The largest absolute Gasteiger partial charge is 0.117 e. The van der Waals surface area contributed by atoms with Crippen molar-refractivity contribution in [1.82, 2.24) is 0 Å². The van der Waals surface area contributed by atoms with E-state index in [2.05, 4.69) is 13.0 Å². The maximum atomic E-state index is 6.50. The zero-order valence-corrected chi connectivity index (χ0v) is 13.2. The van der Waals surface area contributed by atoms with Gasteiger partial charge in [0.25, 0.3) is 0 Å². The molecule has 2 rings (SSSR count). The van der Waals surface area contributed by atoms with Crippen molar-refractivity contribution >= 4 is 34.8 Å². The molecule has 1 unspecified atom stereocenters. The lowest BCUT2D eigenvalue weighted by molar-refractivity contribution is 0.917. The molecule has 0 aliphatic heterocycles. The summed E-state index contributed by atoms with van der Waals surface area (Å²) in [6.45, 7) is 4.11. The molecule has 0 N–H and O–H groups in total. The molecule has 2 aromatic rings. The summed E-state index contributed by atoms with van der Waals surface area (Å²) >= 11 is 18.8. The molecular formula is C16H15Cl3. The van der Waals surface area contributed by atoms with Crippen LogP contribution in [-0.2, 0) is 6.42 Å². The molecule has 0 aliphatic carbocycles. The number of benzene rings is 2. The second kappa shape index (κ2) is 6.17. The van der Waals surface area contributed by atoms with Crippen LogP contribution in [0.3, 0.4) is 0 Å². The van der Waals surface area contributed by atoms with E-state index in [4.69, 9.17) is 34.8 Å². The summed E-state index contributed by atoms with van der Waals surface area (Å²) in [5.41, 5.74) is 4.48. The average Bonchev–Trinajstić information content (AvgIpc) is 2.33. The molecule has 0 nitrogen and oxygen atoms in total. The third-order valence-corrected chi connectivity index (χ3v) is 4.21. The number of rotatable bonds is 3. The molecular weight excluding hydrogens is 299 g/mol. The molecule has 0 bridgehead atoms. The summed E-state index contributed by atoms with van der Waals surface area (Å²) < 4.78 is 0. The van der Waals surface area contributed by atoms with Crippen molar-refractivity contribution in [2.24, 2.45) is 0 Å². The minimum Gasteiger partial charge on any atom is -0.117 e. The van der Waals surface area contributed by atoms with Crippen molar-refractivity contribution in [1.29, 1.82) is 0 Å². The van der Waals surface area contributed by atoms with Crippen LogP contribution < -0.4 is 0 Å². The van der Waals surface area contributed by atoms with Gasteiger partial charge >= 0.3 is 0 Å². The second-order valence-electron chi connectivity index (χ2n) is 4.76. The van der Waals surface area contributed by atoms with Crippen LogP contribution in [0.5, 0.6) is 0 Å². The predicted octanol–water partition coefficient (Wildman–Crippen LogP) is 6.13. The molecule has 0 aromatic heterocycles. The third-order valence-electron chi connectivity index (χ3n) is 3.25. The molecule has 0 saturated carbocycles. The van der Waals surface area contributed by atoms with Crippen LogP contribution in [0, 0.1) is 13.8 Å². The molecule has 3 heteroatoms. The SMILES string of the molecule is Cc1cc(Cl)c(C(Cl)Cc2cccc(Cl)c2)cc1C. The number of alkyl halides is 1. The number of hydrogen-bond acceptors (Lipinski definition) is 0. The number of halogens is 3. The van der Waals surface area contributed by atoms with Gasteiger partial charge in [-0.05, 0) is 60.7 Å². The molecule has 0 heterocycles. The Bertz CT molecular complexity index is 591. The van der Waals surface area contributed by atoms with E-state index < -0.39 is 0 Å². The molecule has 0 fully saturated rings. The van der Waals surface area contributed by atoms with Gasteiger partial charge < -0.3 is 0 Å². The van der Waals surface area contributed by atoms with Gasteiger partial charge in [0.15, 0.2) is 0 Å². The van der Waals surface area contributed by atoms with E-state index in [1.165, 1.54) is 11.1 Å². The van der Waals surface area contributed by atoms with E-state index in [-0.39, 0.29) is 5.38 Å². The van der Waals surface area contributed by atoms with E-state index in [1.807, 2.05) is 37.3 Å². The van der Waals surface area contributed by atoms with Crippen LogP contribution in [-0.4, -0.2) is 0 Å². The Kier molecular flexibility index (Phi) is 4.78. The van der Waals surface area contributed by atoms with Crippen molar-refractivity contribution in [3.05, 3.63) is 68.7 Å². The maximum absolute atomic E-state index is 6.50. The summed E-state index contributed by atoms with van der Waals surface area (Å²) in [6.07, 6.45) is 0.713. The summed E-state index contributed by atoms with van der Waals surface area (Å²) in [5.74, 6) is 0. The van der Waals surface area contributed by atoms with Gasteiger partial charge in [-0.25, -0.2) is 0 Å². The molecule has 0 aliphatic rings. The summed E-state index contributed by atoms with van der Waals surface area (Å²) in [4.78, 5) is 0. The lowest BCUT2D eigenvalue weighted by Gasteiger charge is -2.14. The van der Waals surface area contributed by atoms with Crippen molar-refractivity contribution in [3.63, 3.8) is 0 Å². The minimum absolute atomic E-state index is 0.148. The predicted molar refractivity (Wildman–Crippen MR) is 84.7 cm³/mol. The highest BCUT2D eigenvalue weighted by atomic mass is 35.5. The van der Waals surface area contributed by atoms with Crippen LogP contribution >= 0.6 is 34.8 Å². The van der Waals surface area contributed by atoms with Gasteiger partial charge in [0, 0.05) is 10.0 Å². The fraction of sp³-hybridized carbons (Fsp3) is 0.250. The monoisotopic (exact) mass is 312 g/mol. The van der Waals surface area contributed by atoms with E-state index in [0.29, 0.717) is 6.42 Å². The van der Waals surface area contributed by atoms with Crippen molar-refractivity contribution in [2.75, 3.05) is 0 Å². The van der Waals surface area contributed by atoms with Gasteiger partial charge in [-0.15, -0.1) is 11.6 Å². The van der Waals surface area contributed by atoms with Crippen LogP contribution in [0.4, 0.5) is 0 Å². The highest BCUT2D eigenvalue weighted by Gasteiger charge is 2.14. The van der Waals surface area contributed by atoms with Crippen LogP contribution in [0.2, 0.25) is 10.0 Å². The molecule has 0 saturated heterocycles. The van der Waals surface area contributed by atoms with E-state index in [1.54, 1.807) is 0 Å². The normalized spacial score (nSPS) is 12.5. The average molecular weight is 314 g/mol. The molecule has 0 radical (unpaired) electrons. The van der Waals surface area contributed by atoms with Crippen LogP contribution in [0.25, 0.3) is 0 Å².